The number of hydrogen-bond donors (Lipinski definition) is 1. The molecule has 0 aliphatic carbocycles. The molecule has 15 heavy (non-hydrogen) atoms. The summed E-state index contributed by atoms with van der Waals surface area (Å²) < 4.78 is 0. The van der Waals surface area contributed by atoms with Crippen molar-refractivity contribution in [3.05, 3.63) is 28.8 Å². The monoisotopic (exact) mass is 221 g/mol. The molecule has 1 unspecified atom stereocenters. The fraction of sp³-hybridized carbons (Fsp3) is 0.364. The van der Waals surface area contributed by atoms with Crippen LogP contribution in [0.2, 0.25) is 5.02 Å². The van der Waals surface area contributed by atoms with Crippen LogP contribution in [0.3, 0.4) is 0 Å². The first-order valence-corrected chi connectivity index (χ1v) is 5.28. The quantitative estimate of drug-likeness (QED) is 0.786. The SMILES string of the molecule is N#Cc1ccc(N2CCC(N)C2)cc1Cl. The average Bonchev–Trinajstić information content (AvgIpc) is 2.65. The maximum absolute atomic E-state index is 8.75. The Morgan fingerprint density at radius 1 is 1.53 bits per heavy atom. The molecule has 0 amide bonds. The summed E-state index contributed by atoms with van der Waals surface area (Å²) >= 11 is 5.96. The van der Waals surface area contributed by atoms with Crippen molar-refractivity contribution in [2.75, 3.05) is 18.0 Å². The Labute approximate surface area is 94.0 Å². The Hall–Kier alpha value is -1.24. The molecule has 1 aliphatic heterocycles. The van der Waals surface area contributed by atoms with Gasteiger partial charge in [-0.2, -0.15) is 5.26 Å². The molecule has 2 rings (SSSR count). The lowest BCUT2D eigenvalue weighted by atomic mass is 10.2. The summed E-state index contributed by atoms with van der Waals surface area (Å²) in [6.45, 7) is 1.83. The van der Waals surface area contributed by atoms with Gasteiger partial charge < -0.3 is 10.6 Å². The van der Waals surface area contributed by atoms with E-state index in [0.717, 1.165) is 25.2 Å². The second-order valence-electron chi connectivity index (χ2n) is 3.77. The number of hydrogen-bond acceptors (Lipinski definition) is 3. The molecule has 3 nitrogen and oxygen atoms in total. The van der Waals surface area contributed by atoms with Crippen LogP contribution in [0.5, 0.6) is 0 Å². The molecule has 4 heteroatoms. The second-order valence-corrected chi connectivity index (χ2v) is 4.18. The molecule has 2 N–H and O–H groups in total. The molecular weight excluding hydrogens is 210 g/mol. The number of rotatable bonds is 1. The Bertz CT molecular complexity index is 411. The number of nitriles is 1. The predicted octanol–water partition coefficient (Wildman–Crippen LogP) is 1.75. The van der Waals surface area contributed by atoms with Crippen molar-refractivity contribution < 1.29 is 0 Å². The summed E-state index contributed by atoms with van der Waals surface area (Å²) in [5, 5.41) is 9.26. The largest absolute Gasteiger partial charge is 0.370 e. The van der Waals surface area contributed by atoms with Crippen molar-refractivity contribution in [3.63, 3.8) is 0 Å². The van der Waals surface area contributed by atoms with Gasteiger partial charge in [-0.05, 0) is 24.6 Å². The first-order valence-electron chi connectivity index (χ1n) is 4.91. The van der Waals surface area contributed by atoms with Gasteiger partial charge in [-0.15, -0.1) is 0 Å². The molecular formula is C11H12ClN3. The molecule has 1 saturated heterocycles. The highest BCUT2D eigenvalue weighted by Gasteiger charge is 2.19. The van der Waals surface area contributed by atoms with Gasteiger partial charge in [0.25, 0.3) is 0 Å². The zero-order valence-electron chi connectivity index (χ0n) is 8.28. The van der Waals surface area contributed by atoms with Crippen LogP contribution < -0.4 is 10.6 Å². The third-order valence-electron chi connectivity index (χ3n) is 2.66. The Morgan fingerprint density at radius 3 is 2.87 bits per heavy atom. The van der Waals surface area contributed by atoms with Crippen molar-refractivity contribution >= 4 is 17.3 Å². The van der Waals surface area contributed by atoms with E-state index in [1.807, 2.05) is 18.2 Å². The van der Waals surface area contributed by atoms with Crippen molar-refractivity contribution in [2.45, 2.75) is 12.5 Å². The molecule has 0 bridgehead atoms. The molecule has 1 fully saturated rings. The van der Waals surface area contributed by atoms with Gasteiger partial charge in [-0.3, -0.25) is 0 Å². The van der Waals surface area contributed by atoms with Crippen LogP contribution in [-0.2, 0) is 0 Å². The maximum atomic E-state index is 8.75. The van der Waals surface area contributed by atoms with Gasteiger partial charge in [0.1, 0.15) is 6.07 Å². The minimum atomic E-state index is 0.249. The molecule has 0 saturated carbocycles. The number of anilines is 1. The average molecular weight is 222 g/mol. The van der Waals surface area contributed by atoms with Gasteiger partial charge in [0.15, 0.2) is 0 Å². The molecule has 0 aromatic heterocycles. The molecule has 1 heterocycles. The highest BCUT2D eigenvalue weighted by atomic mass is 35.5. The first kappa shape index (κ1) is 10.3. The van der Waals surface area contributed by atoms with Crippen LogP contribution in [0.15, 0.2) is 18.2 Å². The fourth-order valence-corrected chi connectivity index (χ4v) is 2.03. The molecule has 0 radical (unpaired) electrons. The van der Waals surface area contributed by atoms with E-state index in [0.29, 0.717) is 10.6 Å². The minimum absolute atomic E-state index is 0.249. The zero-order chi connectivity index (χ0) is 10.8. The Morgan fingerprint density at radius 2 is 2.33 bits per heavy atom. The third kappa shape index (κ3) is 2.06. The van der Waals surface area contributed by atoms with Crippen LogP contribution >= 0.6 is 11.6 Å². The summed E-state index contributed by atoms with van der Waals surface area (Å²) in [7, 11) is 0. The van der Waals surface area contributed by atoms with E-state index in [1.54, 1.807) is 6.07 Å². The number of nitrogens with two attached hydrogens (primary N) is 1. The summed E-state index contributed by atoms with van der Waals surface area (Å²) in [6, 6.07) is 7.80. The highest BCUT2D eigenvalue weighted by Crippen LogP contribution is 2.25. The van der Waals surface area contributed by atoms with Crippen molar-refractivity contribution in [2.24, 2.45) is 5.73 Å². The summed E-state index contributed by atoms with van der Waals surface area (Å²) in [6.07, 6.45) is 1.01. The van der Waals surface area contributed by atoms with Gasteiger partial charge in [-0.1, -0.05) is 11.6 Å². The van der Waals surface area contributed by atoms with Crippen molar-refractivity contribution in [3.8, 4) is 6.07 Å². The van der Waals surface area contributed by atoms with Crippen LogP contribution in [0.25, 0.3) is 0 Å². The topological polar surface area (TPSA) is 53.0 Å². The predicted molar refractivity (Wildman–Crippen MR) is 61.0 cm³/mol. The van der Waals surface area contributed by atoms with Crippen molar-refractivity contribution in [1.82, 2.24) is 0 Å². The molecule has 0 spiro atoms. The maximum Gasteiger partial charge on any atom is 0.101 e. The van der Waals surface area contributed by atoms with Gasteiger partial charge in [-0.25, -0.2) is 0 Å². The van der Waals surface area contributed by atoms with Gasteiger partial charge >= 0.3 is 0 Å². The smallest absolute Gasteiger partial charge is 0.101 e. The zero-order valence-corrected chi connectivity index (χ0v) is 9.04. The van der Waals surface area contributed by atoms with Crippen LogP contribution in [-0.4, -0.2) is 19.1 Å². The Kier molecular flexibility index (Phi) is 2.81. The summed E-state index contributed by atoms with van der Waals surface area (Å²) in [5.74, 6) is 0. The van der Waals surface area contributed by atoms with E-state index in [4.69, 9.17) is 22.6 Å². The van der Waals surface area contributed by atoms with Crippen LogP contribution in [0, 0.1) is 11.3 Å². The van der Waals surface area contributed by atoms with Gasteiger partial charge in [0.05, 0.1) is 10.6 Å². The molecule has 78 valence electrons. The standard InChI is InChI=1S/C11H12ClN3/c12-11-5-10(2-1-8(11)6-13)15-4-3-9(14)7-15/h1-2,5,9H,3-4,7,14H2. The van der Waals surface area contributed by atoms with E-state index in [-0.39, 0.29) is 6.04 Å². The lowest BCUT2D eigenvalue weighted by molar-refractivity contribution is 0.752. The second kappa shape index (κ2) is 4.09. The number of benzene rings is 1. The molecule has 1 atom stereocenters. The van der Waals surface area contributed by atoms with E-state index in [2.05, 4.69) is 4.90 Å². The third-order valence-corrected chi connectivity index (χ3v) is 2.98. The minimum Gasteiger partial charge on any atom is -0.370 e. The van der Waals surface area contributed by atoms with Crippen molar-refractivity contribution in [1.29, 1.82) is 5.26 Å². The lowest BCUT2D eigenvalue weighted by Gasteiger charge is -2.18. The van der Waals surface area contributed by atoms with E-state index in [1.165, 1.54) is 0 Å². The highest BCUT2D eigenvalue weighted by molar-refractivity contribution is 6.32. The van der Waals surface area contributed by atoms with Crippen LogP contribution in [0.1, 0.15) is 12.0 Å². The number of halogens is 1. The van der Waals surface area contributed by atoms with E-state index in [9.17, 15) is 0 Å². The summed E-state index contributed by atoms with van der Waals surface area (Å²) in [4.78, 5) is 2.19. The van der Waals surface area contributed by atoms with Gasteiger partial charge in [0, 0.05) is 24.8 Å². The number of nitrogens with zero attached hydrogens (tertiary/aromatic N) is 2. The van der Waals surface area contributed by atoms with Gasteiger partial charge in [0.2, 0.25) is 0 Å². The van der Waals surface area contributed by atoms with Crippen LogP contribution in [0.4, 0.5) is 5.69 Å². The van der Waals surface area contributed by atoms with E-state index >= 15 is 0 Å². The molecule has 1 aromatic rings. The normalized spacial score (nSPS) is 20.3. The molecule has 1 aromatic carbocycles. The first-order chi connectivity index (χ1) is 7.20. The molecule has 1 aliphatic rings. The summed E-state index contributed by atoms with van der Waals surface area (Å²) in [5.41, 5.74) is 7.40. The van der Waals surface area contributed by atoms with E-state index < -0.39 is 0 Å². The Balaban J connectivity index is 2.24. The lowest BCUT2D eigenvalue weighted by Crippen LogP contribution is -2.26. The fourth-order valence-electron chi connectivity index (χ4n) is 1.81.